The van der Waals surface area contributed by atoms with Crippen molar-refractivity contribution in [3.63, 3.8) is 0 Å². The van der Waals surface area contributed by atoms with Crippen molar-refractivity contribution >= 4 is 56.2 Å². The number of thiophene rings is 1. The standard InChI is InChI=1S/C12H10BrCl2NOS/c1-6(12-8(13)2-3-18-12)16-7-4-9(14)11(17)10(15)5-7/h2-6,16-17H,1H3. The van der Waals surface area contributed by atoms with E-state index < -0.39 is 0 Å². The highest BCUT2D eigenvalue weighted by molar-refractivity contribution is 9.10. The van der Waals surface area contributed by atoms with Crippen molar-refractivity contribution in [3.05, 3.63) is 43.0 Å². The van der Waals surface area contributed by atoms with Crippen LogP contribution >= 0.6 is 50.5 Å². The lowest BCUT2D eigenvalue weighted by molar-refractivity contribution is 0.476. The maximum atomic E-state index is 9.50. The van der Waals surface area contributed by atoms with Gasteiger partial charge in [0.1, 0.15) is 0 Å². The molecule has 0 fully saturated rings. The van der Waals surface area contributed by atoms with Gasteiger partial charge in [0.2, 0.25) is 0 Å². The minimum absolute atomic E-state index is 0.0890. The number of rotatable bonds is 3. The Morgan fingerprint density at radius 3 is 2.44 bits per heavy atom. The van der Waals surface area contributed by atoms with Crippen LogP contribution in [0.25, 0.3) is 0 Å². The van der Waals surface area contributed by atoms with Crippen LogP contribution in [-0.4, -0.2) is 5.11 Å². The van der Waals surface area contributed by atoms with E-state index in [0.29, 0.717) is 0 Å². The third-order valence-electron chi connectivity index (χ3n) is 2.44. The van der Waals surface area contributed by atoms with Crippen molar-refractivity contribution in [2.75, 3.05) is 5.32 Å². The van der Waals surface area contributed by atoms with Crippen LogP contribution < -0.4 is 5.32 Å². The molecule has 1 heterocycles. The summed E-state index contributed by atoms with van der Waals surface area (Å²) in [5.74, 6) is -0.0890. The lowest BCUT2D eigenvalue weighted by atomic mass is 10.2. The Balaban J connectivity index is 2.22. The molecule has 1 unspecified atom stereocenters. The summed E-state index contributed by atoms with van der Waals surface area (Å²) in [5, 5.41) is 15.3. The highest BCUT2D eigenvalue weighted by Gasteiger charge is 2.13. The van der Waals surface area contributed by atoms with Gasteiger partial charge in [0.25, 0.3) is 0 Å². The molecule has 0 aliphatic rings. The van der Waals surface area contributed by atoms with Crippen molar-refractivity contribution in [3.8, 4) is 5.75 Å². The van der Waals surface area contributed by atoms with Gasteiger partial charge >= 0.3 is 0 Å². The number of nitrogens with one attached hydrogen (secondary N) is 1. The van der Waals surface area contributed by atoms with Crippen LogP contribution in [0.3, 0.4) is 0 Å². The zero-order valence-corrected chi connectivity index (χ0v) is 13.3. The molecular weight excluding hydrogens is 357 g/mol. The monoisotopic (exact) mass is 365 g/mol. The molecule has 0 amide bonds. The van der Waals surface area contributed by atoms with Gasteiger partial charge in [-0.3, -0.25) is 0 Å². The number of benzene rings is 1. The van der Waals surface area contributed by atoms with Gasteiger partial charge in [-0.15, -0.1) is 11.3 Å². The van der Waals surface area contributed by atoms with Crippen LogP contribution in [0.15, 0.2) is 28.1 Å². The molecule has 0 saturated carbocycles. The van der Waals surface area contributed by atoms with Gasteiger partial charge in [0.05, 0.1) is 16.1 Å². The fourth-order valence-electron chi connectivity index (χ4n) is 1.58. The second-order valence-electron chi connectivity index (χ2n) is 3.79. The van der Waals surface area contributed by atoms with E-state index in [9.17, 15) is 5.11 Å². The highest BCUT2D eigenvalue weighted by Crippen LogP contribution is 2.37. The molecule has 0 saturated heterocycles. The first kappa shape index (κ1) is 14.0. The third kappa shape index (κ3) is 2.94. The summed E-state index contributed by atoms with van der Waals surface area (Å²) in [6.45, 7) is 2.05. The van der Waals surface area contributed by atoms with Crippen LogP contribution in [-0.2, 0) is 0 Å². The Morgan fingerprint density at radius 2 is 1.94 bits per heavy atom. The van der Waals surface area contributed by atoms with Crippen molar-refractivity contribution in [2.24, 2.45) is 0 Å². The highest BCUT2D eigenvalue weighted by atomic mass is 79.9. The van der Waals surface area contributed by atoms with Gasteiger partial charge < -0.3 is 10.4 Å². The lowest BCUT2D eigenvalue weighted by Gasteiger charge is -2.15. The number of anilines is 1. The molecule has 2 N–H and O–H groups in total. The molecule has 0 spiro atoms. The summed E-state index contributed by atoms with van der Waals surface area (Å²) in [5.41, 5.74) is 0.774. The number of hydrogen-bond acceptors (Lipinski definition) is 3. The van der Waals surface area contributed by atoms with Crippen LogP contribution in [0.1, 0.15) is 17.8 Å². The Bertz CT molecular complexity index is 550. The van der Waals surface area contributed by atoms with Gasteiger partial charge in [-0.1, -0.05) is 23.2 Å². The molecule has 96 valence electrons. The molecule has 0 aliphatic heterocycles. The molecule has 1 atom stereocenters. The Hall–Kier alpha value is -0.420. The van der Waals surface area contributed by atoms with E-state index in [4.69, 9.17) is 23.2 Å². The molecule has 6 heteroatoms. The third-order valence-corrected chi connectivity index (χ3v) is 5.07. The smallest absolute Gasteiger partial charge is 0.152 e. The first-order valence-corrected chi connectivity index (χ1v) is 7.59. The molecule has 2 rings (SSSR count). The van der Waals surface area contributed by atoms with E-state index in [-0.39, 0.29) is 21.8 Å². The maximum Gasteiger partial charge on any atom is 0.152 e. The quantitative estimate of drug-likeness (QED) is 0.683. The van der Waals surface area contributed by atoms with Crippen LogP contribution in [0.5, 0.6) is 5.75 Å². The van der Waals surface area contributed by atoms with Gasteiger partial charge in [0, 0.05) is 15.0 Å². The maximum absolute atomic E-state index is 9.50. The average molecular weight is 367 g/mol. The minimum atomic E-state index is -0.0890. The average Bonchev–Trinajstić information content (AvgIpc) is 2.72. The molecule has 2 aromatic rings. The summed E-state index contributed by atoms with van der Waals surface area (Å²) in [7, 11) is 0. The van der Waals surface area contributed by atoms with Crippen molar-refractivity contribution in [1.82, 2.24) is 0 Å². The number of aromatic hydroxyl groups is 1. The first-order chi connectivity index (χ1) is 8.49. The molecule has 1 aromatic heterocycles. The van der Waals surface area contributed by atoms with E-state index in [1.807, 2.05) is 18.4 Å². The molecule has 1 aromatic carbocycles. The number of halogens is 3. The molecule has 0 bridgehead atoms. The van der Waals surface area contributed by atoms with E-state index in [0.717, 1.165) is 10.2 Å². The molecular formula is C12H10BrCl2NOS. The predicted octanol–water partition coefficient (Wildman–Crippen LogP) is 5.70. The molecule has 2 nitrogen and oxygen atoms in total. The van der Waals surface area contributed by atoms with E-state index >= 15 is 0 Å². The Labute approximate surface area is 128 Å². The second kappa shape index (κ2) is 5.70. The Morgan fingerprint density at radius 1 is 1.33 bits per heavy atom. The molecule has 0 radical (unpaired) electrons. The fraction of sp³-hybridized carbons (Fsp3) is 0.167. The zero-order chi connectivity index (χ0) is 13.3. The fourth-order valence-corrected chi connectivity index (χ4v) is 3.79. The molecule has 0 aliphatic carbocycles. The van der Waals surface area contributed by atoms with Crippen molar-refractivity contribution in [2.45, 2.75) is 13.0 Å². The predicted molar refractivity (Wildman–Crippen MR) is 82.2 cm³/mol. The van der Waals surface area contributed by atoms with Crippen LogP contribution in [0.4, 0.5) is 5.69 Å². The number of hydrogen-bond donors (Lipinski definition) is 2. The van der Waals surface area contributed by atoms with E-state index in [1.54, 1.807) is 23.5 Å². The van der Waals surface area contributed by atoms with Crippen LogP contribution in [0, 0.1) is 0 Å². The van der Waals surface area contributed by atoms with Gasteiger partial charge in [0.15, 0.2) is 5.75 Å². The van der Waals surface area contributed by atoms with Crippen molar-refractivity contribution < 1.29 is 5.11 Å². The topological polar surface area (TPSA) is 32.3 Å². The second-order valence-corrected chi connectivity index (χ2v) is 6.40. The number of phenolic OH excluding ortho intramolecular Hbond substituents is 1. The van der Waals surface area contributed by atoms with E-state index in [1.165, 1.54) is 4.88 Å². The van der Waals surface area contributed by atoms with E-state index in [2.05, 4.69) is 21.2 Å². The normalized spacial score (nSPS) is 12.4. The number of phenols is 1. The summed E-state index contributed by atoms with van der Waals surface area (Å²) in [6.07, 6.45) is 0. The minimum Gasteiger partial charge on any atom is -0.505 e. The van der Waals surface area contributed by atoms with Crippen molar-refractivity contribution in [1.29, 1.82) is 0 Å². The SMILES string of the molecule is CC(Nc1cc(Cl)c(O)c(Cl)c1)c1sccc1Br. The summed E-state index contributed by atoms with van der Waals surface area (Å²) in [4.78, 5) is 1.19. The zero-order valence-electron chi connectivity index (χ0n) is 9.38. The largest absolute Gasteiger partial charge is 0.505 e. The Kier molecular flexibility index (Phi) is 4.43. The summed E-state index contributed by atoms with van der Waals surface area (Å²) < 4.78 is 1.07. The summed E-state index contributed by atoms with van der Waals surface area (Å²) in [6, 6.07) is 5.44. The van der Waals surface area contributed by atoms with Gasteiger partial charge in [-0.2, -0.15) is 0 Å². The summed E-state index contributed by atoms with van der Waals surface area (Å²) >= 11 is 16.9. The van der Waals surface area contributed by atoms with Gasteiger partial charge in [-0.05, 0) is 46.4 Å². The lowest BCUT2D eigenvalue weighted by Crippen LogP contribution is -2.05. The van der Waals surface area contributed by atoms with Gasteiger partial charge in [-0.25, -0.2) is 0 Å². The van der Waals surface area contributed by atoms with Crippen LogP contribution in [0.2, 0.25) is 10.0 Å². The molecule has 18 heavy (non-hydrogen) atoms. The first-order valence-electron chi connectivity index (χ1n) is 5.16.